The van der Waals surface area contributed by atoms with Crippen LogP contribution in [0.3, 0.4) is 0 Å². The molecule has 0 aromatic heterocycles. The quantitative estimate of drug-likeness (QED) is 0.793. The number of carbonyl (C=O) groups is 1. The molecule has 0 spiro atoms. The Hall–Kier alpha value is -2.44. The highest BCUT2D eigenvalue weighted by atomic mass is 19.1. The Morgan fingerprint density at radius 2 is 1.77 bits per heavy atom. The summed E-state index contributed by atoms with van der Waals surface area (Å²) in [5.74, 6) is -0.351. The first kappa shape index (κ1) is 18.4. The van der Waals surface area contributed by atoms with E-state index in [-0.39, 0.29) is 18.5 Å². The summed E-state index contributed by atoms with van der Waals surface area (Å²) in [5.41, 5.74) is 1.53. The van der Waals surface area contributed by atoms with Crippen LogP contribution in [0.4, 0.5) is 9.18 Å². The fourth-order valence-electron chi connectivity index (χ4n) is 3.18. The normalized spacial score (nSPS) is 19.3. The first-order valence-corrected chi connectivity index (χ1v) is 8.68. The van der Waals surface area contributed by atoms with Crippen molar-refractivity contribution in [1.82, 2.24) is 4.90 Å². The van der Waals surface area contributed by atoms with E-state index in [1.807, 2.05) is 30.3 Å². The van der Waals surface area contributed by atoms with Crippen LogP contribution in [-0.2, 0) is 4.74 Å². The minimum absolute atomic E-state index is 0.206. The maximum absolute atomic E-state index is 12.9. The van der Waals surface area contributed by atoms with Gasteiger partial charge in [-0.2, -0.15) is 0 Å². The van der Waals surface area contributed by atoms with Gasteiger partial charge in [0.05, 0.1) is 12.1 Å². The van der Waals surface area contributed by atoms with Gasteiger partial charge in [0.2, 0.25) is 0 Å². The van der Waals surface area contributed by atoms with E-state index in [0.29, 0.717) is 24.8 Å². The number of halogens is 1. The first-order valence-electron chi connectivity index (χ1n) is 8.68. The molecule has 1 amide bonds. The SMILES string of the molecule is O=C1OC[C@H](c2ccccc2)N1C(O)CCC[C@H](O)c1ccc(F)cc1. The lowest BCUT2D eigenvalue weighted by atomic mass is 10.0. The largest absolute Gasteiger partial charge is 0.447 e. The molecule has 6 heteroatoms. The summed E-state index contributed by atoms with van der Waals surface area (Å²) in [7, 11) is 0. The number of benzene rings is 2. The maximum Gasteiger partial charge on any atom is 0.412 e. The third-order valence-electron chi connectivity index (χ3n) is 4.61. The number of carbonyl (C=O) groups excluding carboxylic acids is 1. The van der Waals surface area contributed by atoms with E-state index in [4.69, 9.17) is 4.74 Å². The molecule has 138 valence electrons. The van der Waals surface area contributed by atoms with Gasteiger partial charge in [-0.05, 0) is 42.5 Å². The Bertz CT molecular complexity index is 722. The molecular weight excluding hydrogens is 337 g/mol. The molecule has 1 saturated heterocycles. The zero-order valence-corrected chi connectivity index (χ0v) is 14.3. The van der Waals surface area contributed by atoms with E-state index in [1.165, 1.54) is 17.0 Å². The lowest BCUT2D eigenvalue weighted by Crippen LogP contribution is -2.37. The monoisotopic (exact) mass is 359 g/mol. The molecule has 3 rings (SSSR count). The highest BCUT2D eigenvalue weighted by molar-refractivity contribution is 5.70. The molecule has 0 saturated carbocycles. The molecule has 2 aromatic rings. The van der Waals surface area contributed by atoms with Crippen LogP contribution in [0.5, 0.6) is 0 Å². The van der Waals surface area contributed by atoms with Crippen molar-refractivity contribution in [3.8, 4) is 0 Å². The van der Waals surface area contributed by atoms with Crippen molar-refractivity contribution < 1.29 is 24.1 Å². The molecule has 1 aliphatic heterocycles. The van der Waals surface area contributed by atoms with Gasteiger partial charge in [0.25, 0.3) is 0 Å². The van der Waals surface area contributed by atoms with E-state index in [9.17, 15) is 19.4 Å². The molecule has 0 bridgehead atoms. The van der Waals surface area contributed by atoms with E-state index in [1.54, 1.807) is 12.1 Å². The summed E-state index contributed by atoms with van der Waals surface area (Å²) in [5, 5.41) is 20.6. The van der Waals surface area contributed by atoms with Gasteiger partial charge < -0.3 is 14.9 Å². The van der Waals surface area contributed by atoms with Crippen LogP contribution in [0.15, 0.2) is 54.6 Å². The topological polar surface area (TPSA) is 70.0 Å². The summed E-state index contributed by atoms with van der Waals surface area (Å²) in [6.07, 6.45) is -1.04. The Balaban J connectivity index is 1.55. The summed E-state index contributed by atoms with van der Waals surface area (Å²) in [6, 6.07) is 14.8. The second kappa shape index (κ2) is 8.29. The number of amides is 1. The van der Waals surface area contributed by atoms with Crippen LogP contribution >= 0.6 is 0 Å². The molecule has 1 aliphatic rings. The summed E-state index contributed by atoms with van der Waals surface area (Å²) >= 11 is 0. The number of aliphatic hydroxyl groups is 2. The maximum atomic E-state index is 12.9. The van der Waals surface area contributed by atoms with Crippen molar-refractivity contribution >= 4 is 6.09 Å². The van der Waals surface area contributed by atoms with E-state index in [0.717, 1.165) is 5.56 Å². The third-order valence-corrected chi connectivity index (χ3v) is 4.61. The van der Waals surface area contributed by atoms with Crippen molar-refractivity contribution in [3.63, 3.8) is 0 Å². The smallest absolute Gasteiger partial charge is 0.412 e. The van der Waals surface area contributed by atoms with E-state index in [2.05, 4.69) is 0 Å². The molecular formula is C20H22FNO4. The van der Waals surface area contributed by atoms with Gasteiger partial charge in [-0.3, -0.25) is 4.90 Å². The summed E-state index contributed by atoms with van der Waals surface area (Å²) in [6.45, 7) is 0.206. The van der Waals surface area contributed by atoms with Gasteiger partial charge in [-0.25, -0.2) is 9.18 Å². The van der Waals surface area contributed by atoms with E-state index < -0.39 is 18.4 Å². The molecule has 5 nitrogen and oxygen atoms in total. The third kappa shape index (κ3) is 4.20. The highest BCUT2D eigenvalue weighted by Gasteiger charge is 2.38. The minimum atomic E-state index is -0.990. The van der Waals surface area contributed by atoms with Crippen molar-refractivity contribution in [2.24, 2.45) is 0 Å². The standard InChI is InChI=1S/C20H22FNO4/c21-16-11-9-15(10-12-16)18(23)7-4-8-19(24)22-17(13-26-20(22)25)14-5-2-1-3-6-14/h1-3,5-6,9-12,17-19,23-24H,4,7-8,13H2/t17-,18+,19?/m1/s1. The molecule has 0 radical (unpaired) electrons. The lowest BCUT2D eigenvalue weighted by Gasteiger charge is -2.27. The van der Waals surface area contributed by atoms with Crippen molar-refractivity contribution in [3.05, 3.63) is 71.5 Å². The number of hydrogen-bond donors (Lipinski definition) is 2. The van der Waals surface area contributed by atoms with Crippen LogP contribution in [0.2, 0.25) is 0 Å². The van der Waals surface area contributed by atoms with Crippen LogP contribution in [0, 0.1) is 5.82 Å². The van der Waals surface area contributed by atoms with Gasteiger partial charge >= 0.3 is 6.09 Å². The van der Waals surface area contributed by atoms with Crippen LogP contribution in [0.25, 0.3) is 0 Å². The zero-order chi connectivity index (χ0) is 18.5. The van der Waals surface area contributed by atoms with Crippen LogP contribution in [-0.4, -0.2) is 34.0 Å². The molecule has 3 atom stereocenters. The fourth-order valence-corrected chi connectivity index (χ4v) is 3.18. The number of nitrogens with zero attached hydrogens (tertiary/aromatic N) is 1. The number of aliphatic hydroxyl groups excluding tert-OH is 2. The lowest BCUT2D eigenvalue weighted by molar-refractivity contribution is 0.00889. The minimum Gasteiger partial charge on any atom is -0.447 e. The average Bonchev–Trinajstić information content (AvgIpc) is 3.04. The molecule has 2 N–H and O–H groups in total. The molecule has 1 fully saturated rings. The van der Waals surface area contributed by atoms with Gasteiger partial charge in [0.1, 0.15) is 18.7 Å². The number of rotatable bonds is 7. The van der Waals surface area contributed by atoms with Gasteiger partial charge in [-0.15, -0.1) is 0 Å². The molecule has 0 aliphatic carbocycles. The van der Waals surface area contributed by atoms with Crippen LogP contribution in [0.1, 0.15) is 42.5 Å². The second-order valence-electron chi connectivity index (χ2n) is 6.39. The van der Waals surface area contributed by atoms with Gasteiger partial charge in [-0.1, -0.05) is 42.5 Å². The average molecular weight is 359 g/mol. The van der Waals surface area contributed by atoms with Crippen molar-refractivity contribution in [2.75, 3.05) is 6.61 Å². The van der Waals surface area contributed by atoms with Crippen molar-refractivity contribution in [1.29, 1.82) is 0 Å². The van der Waals surface area contributed by atoms with E-state index >= 15 is 0 Å². The van der Waals surface area contributed by atoms with Crippen LogP contribution < -0.4 is 0 Å². The predicted octanol–water partition coefficient (Wildman–Crippen LogP) is 3.54. The zero-order valence-electron chi connectivity index (χ0n) is 14.3. The Kier molecular flexibility index (Phi) is 5.85. The number of hydrogen-bond acceptors (Lipinski definition) is 4. The molecule has 1 heterocycles. The molecule has 2 aromatic carbocycles. The van der Waals surface area contributed by atoms with Gasteiger partial charge in [0.15, 0.2) is 0 Å². The number of ether oxygens (including phenoxy) is 1. The first-order chi connectivity index (χ1) is 12.6. The second-order valence-corrected chi connectivity index (χ2v) is 6.39. The number of cyclic esters (lactones) is 1. The summed E-state index contributed by atoms with van der Waals surface area (Å²) in [4.78, 5) is 13.4. The molecule has 26 heavy (non-hydrogen) atoms. The Labute approximate surface area is 151 Å². The van der Waals surface area contributed by atoms with Gasteiger partial charge in [0, 0.05) is 0 Å². The molecule has 1 unspecified atom stereocenters. The predicted molar refractivity (Wildman–Crippen MR) is 93.6 cm³/mol. The highest BCUT2D eigenvalue weighted by Crippen LogP contribution is 2.31. The Morgan fingerprint density at radius 1 is 1.08 bits per heavy atom. The fraction of sp³-hybridized carbons (Fsp3) is 0.350. The van der Waals surface area contributed by atoms with Crippen molar-refractivity contribution in [2.45, 2.75) is 37.6 Å². The summed E-state index contributed by atoms with van der Waals surface area (Å²) < 4.78 is 18.0. The Morgan fingerprint density at radius 3 is 2.46 bits per heavy atom.